The Morgan fingerprint density at radius 2 is 2.08 bits per heavy atom. The molecule has 0 amide bonds. The summed E-state index contributed by atoms with van der Waals surface area (Å²) in [6.45, 7) is -1.73. The fourth-order valence-electron chi connectivity index (χ4n) is 2.05. The fourth-order valence-corrected chi connectivity index (χ4v) is 2.69. The molecule has 2 aromatic rings. The summed E-state index contributed by atoms with van der Waals surface area (Å²) in [7, 11) is 1.39. The summed E-state index contributed by atoms with van der Waals surface area (Å²) < 4.78 is 59.9. The average molecular weight is 388 g/mol. The molecule has 0 radical (unpaired) electrons. The lowest BCUT2D eigenvalue weighted by molar-refractivity contribution is -0.168. The quantitative estimate of drug-likeness (QED) is 0.342. The minimum atomic E-state index is -4.21. The van der Waals surface area contributed by atoms with Crippen molar-refractivity contribution in [2.45, 2.75) is 19.0 Å². The highest BCUT2D eigenvalue weighted by atomic mass is 32.1. The van der Waals surface area contributed by atoms with Gasteiger partial charge in [-0.3, -0.25) is 4.79 Å². The van der Waals surface area contributed by atoms with E-state index in [1.54, 1.807) is 41.8 Å². The van der Waals surface area contributed by atoms with E-state index in [-0.39, 0.29) is 12.4 Å². The number of halogens is 4. The molecule has 3 nitrogen and oxygen atoms in total. The highest BCUT2D eigenvalue weighted by Gasteiger charge is 2.40. The molecule has 8 heteroatoms. The number of allylic oxidation sites excluding steroid dienone is 1. The van der Waals surface area contributed by atoms with E-state index in [1.165, 1.54) is 24.5 Å². The minimum absolute atomic E-state index is 0.162. The van der Waals surface area contributed by atoms with E-state index in [0.717, 1.165) is 0 Å². The molecule has 0 saturated heterocycles. The molecule has 0 unspecified atom stereocenters. The summed E-state index contributed by atoms with van der Waals surface area (Å²) in [5.41, 5.74) is 1.03. The predicted octanol–water partition coefficient (Wildman–Crippen LogP) is 5.07. The summed E-state index contributed by atoms with van der Waals surface area (Å²) in [6.07, 6.45) is -0.830. The Hall–Kier alpha value is -2.19. The molecular formula is C18H16F4O3S. The number of ether oxygens (including phenoxy) is 2. The third-order valence-corrected chi connectivity index (χ3v) is 4.25. The number of alkyl halides is 4. The van der Waals surface area contributed by atoms with E-state index in [9.17, 15) is 22.4 Å². The van der Waals surface area contributed by atoms with Crippen LogP contribution in [0.4, 0.5) is 17.6 Å². The van der Waals surface area contributed by atoms with Crippen LogP contribution >= 0.6 is 11.3 Å². The molecule has 0 aliphatic heterocycles. The first-order valence-electron chi connectivity index (χ1n) is 7.50. The standard InChI is InChI=1S/C18H16F4O3S/c1-24-15-7-5-12(4-6-14(23)16-3-2-8-26-16)9-13(15)10-25-11-18(21,22)17(19)20/h2-9,17H,10-11H2,1H3/b6-4+. The van der Waals surface area contributed by atoms with E-state index in [1.807, 2.05) is 0 Å². The average Bonchev–Trinajstić information content (AvgIpc) is 3.14. The Kier molecular flexibility index (Phi) is 6.93. The molecule has 1 heterocycles. The topological polar surface area (TPSA) is 35.5 Å². The Morgan fingerprint density at radius 3 is 2.69 bits per heavy atom. The summed E-state index contributed by atoms with van der Waals surface area (Å²) in [4.78, 5) is 12.5. The van der Waals surface area contributed by atoms with Crippen LogP contribution in [0.1, 0.15) is 20.8 Å². The summed E-state index contributed by atoms with van der Waals surface area (Å²) >= 11 is 1.32. The van der Waals surface area contributed by atoms with E-state index in [4.69, 9.17) is 9.47 Å². The molecule has 0 N–H and O–H groups in total. The van der Waals surface area contributed by atoms with Crippen molar-refractivity contribution in [2.75, 3.05) is 13.7 Å². The van der Waals surface area contributed by atoms with Crippen LogP contribution in [0.15, 0.2) is 41.8 Å². The van der Waals surface area contributed by atoms with Crippen LogP contribution in [0, 0.1) is 0 Å². The Balaban J connectivity index is 2.06. The highest BCUT2D eigenvalue weighted by molar-refractivity contribution is 7.12. The Bertz CT molecular complexity index is 758. The van der Waals surface area contributed by atoms with Crippen LogP contribution in [0.25, 0.3) is 6.08 Å². The van der Waals surface area contributed by atoms with Gasteiger partial charge in [0.2, 0.25) is 0 Å². The lowest BCUT2D eigenvalue weighted by Crippen LogP contribution is -2.32. The van der Waals surface area contributed by atoms with Crippen molar-refractivity contribution >= 4 is 23.2 Å². The van der Waals surface area contributed by atoms with Gasteiger partial charge in [0.25, 0.3) is 0 Å². The molecule has 1 aromatic heterocycles. The summed E-state index contributed by atoms with van der Waals surface area (Å²) in [5.74, 6) is -4.00. The number of benzene rings is 1. The Morgan fingerprint density at radius 1 is 1.31 bits per heavy atom. The van der Waals surface area contributed by atoms with Crippen molar-refractivity contribution < 1.29 is 31.8 Å². The zero-order valence-corrected chi connectivity index (χ0v) is 14.6. The van der Waals surface area contributed by atoms with Crippen LogP contribution in [0.5, 0.6) is 5.75 Å². The van der Waals surface area contributed by atoms with E-state index in [2.05, 4.69) is 0 Å². The molecule has 0 fully saturated rings. The first-order chi connectivity index (χ1) is 12.3. The maximum atomic E-state index is 12.9. The number of methoxy groups -OCH3 is 1. The second-order valence-corrected chi connectivity index (χ2v) is 6.25. The van der Waals surface area contributed by atoms with Crippen molar-refractivity contribution in [1.82, 2.24) is 0 Å². The van der Waals surface area contributed by atoms with Gasteiger partial charge in [-0.05, 0) is 35.2 Å². The third kappa shape index (κ3) is 5.40. The second kappa shape index (κ2) is 8.95. The van der Waals surface area contributed by atoms with Crippen molar-refractivity contribution in [3.8, 4) is 5.75 Å². The smallest absolute Gasteiger partial charge is 0.330 e. The molecule has 0 aliphatic carbocycles. The number of carbonyl (C=O) groups is 1. The number of ketones is 1. The van der Waals surface area contributed by atoms with Gasteiger partial charge in [-0.2, -0.15) is 8.78 Å². The van der Waals surface area contributed by atoms with Gasteiger partial charge < -0.3 is 9.47 Å². The van der Waals surface area contributed by atoms with Crippen LogP contribution in [-0.4, -0.2) is 31.8 Å². The van der Waals surface area contributed by atoms with Gasteiger partial charge in [0.15, 0.2) is 5.78 Å². The van der Waals surface area contributed by atoms with E-state index < -0.39 is 19.0 Å². The molecule has 0 atom stereocenters. The number of carbonyl (C=O) groups excluding carboxylic acids is 1. The zero-order valence-electron chi connectivity index (χ0n) is 13.8. The van der Waals surface area contributed by atoms with Crippen LogP contribution in [0.3, 0.4) is 0 Å². The largest absolute Gasteiger partial charge is 0.496 e. The van der Waals surface area contributed by atoms with Crippen LogP contribution < -0.4 is 4.74 Å². The van der Waals surface area contributed by atoms with Crippen molar-refractivity contribution in [3.05, 3.63) is 57.8 Å². The normalized spacial score (nSPS) is 12.1. The van der Waals surface area contributed by atoms with Crippen LogP contribution in [-0.2, 0) is 11.3 Å². The number of hydrogen-bond donors (Lipinski definition) is 0. The lowest BCUT2D eigenvalue weighted by Gasteiger charge is -2.16. The lowest BCUT2D eigenvalue weighted by atomic mass is 10.1. The van der Waals surface area contributed by atoms with Crippen molar-refractivity contribution in [3.63, 3.8) is 0 Å². The molecule has 140 valence electrons. The Labute approximate surface area is 151 Å². The monoisotopic (exact) mass is 388 g/mol. The SMILES string of the molecule is COc1ccc(/C=C/C(=O)c2cccs2)cc1COCC(F)(F)C(F)F. The maximum Gasteiger partial charge on any atom is 0.330 e. The predicted molar refractivity (Wildman–Crippen MR) is 91.3 cm³/mol. The molecule has 0 bridgehead atoms. The molecule has 26 heavy (non-hydrogen) atoms. The van der Waals surface area contributed by atoms with Gasteiger partial charge in [-0.25, -0.2) is 8.78 Å². The molecule has 1 aromatic carbocycles. The van der Waals surface area contributed by atoms with Crippen molar-refractivity contribution in [1.29, 1.82) is 0 Å². The third-order valence-electron chi connectivity index (χ3n) is 3.37. The van der Waals surface area contributed by atoms with Gasteiger partial charge >= 0.3 is 12.3 Å². The first kappa shape index (κ1) is 20.1. The maximum absolute atomic E-state index is 12.9. The molecular weight excluding hydrogens is 372 g/mol. The number of hydrogen-bond acceptors (Lipinski definition) is 4. The molecule has 0 aliphatic rings. The fraction of sp³-hybridized carbons (Fsp3) is 0.278. The van der Waals surface area contributed by atoms with Gasteiger partial charge in [0, 0.05) is 5.56 Å². The van der Waals surface area contributed by atoms with E-state index >= 15 is 0 Å². The molecule has 0 saturated carbocycles. The molecule has 0 spiro atoms. The highest BCUT2D eigenvalue weighted by Crippen LogP contribution is 2.26. The minimum Gasteiger partial charge on any atom is -0.496 e. The number of thiophene rings is 1. The van der Waals surface area contributed by atoms with E-state index in [0.29, 0.717) is 21.8 Å². The van der Waals surface area contributed by atoms with Gasteiger partial charge in [-0.1, -0.05) is 18.2 Å². The van der Waals surface area contributed by atoms with Crippen LogP contribution in [0.2, 0.25) is 0 Å². The van der Waals surface area contributed by atoms with Crippen molar-refractivity contribution in [2.24, 2.45) is 0 Å². The van der Waals surface area contributed by atoms with Gasteiger partial charge in [0.1, 0.15) is 12.4 Å². The summed E-state index contributed by atoms with van der Waals surface area (Å²) in [6, 6.07) is 8.31. The zero-order chi connectivity index (χ0) is 19.2. The second-order valence-electron chi connectivity index (χ2n) is 5.30. The number of rotatable bonds is 9. The molecule has 2 rings (SSSR count). The van der Waals surface area contributed by atoms with Gasteiger partial charge in [-0.15, -0.1) is 11.3 Å². The van der Waals surface area contributed by atoms with Gasteiger partial charge in [0.05, 0.1) is 18.6 Å². The first-order valence-corrected chi connectivity index (χ1v) is 8.38. The summed E-state index contributed by atoms with van der Waals surface area (Å²) in [5, 5.41) is 1.79.